The van der Waals surface area contributed by atoms with Crippen LogP contribution >= 0.6 is 11.6 Å². The molecule has 0 atom stereocenters. The molecule has 0 radical (unpaired) electrons. The van der Waals surface area contributed by atoms with Crippen LogP contribution in [0.3, 0.4) is 0 Å². The molecule has 3 rings (SSSR count). The van der Waals surface area contributed by atoms with Gasteiger partial charge in [-0.2, -0.15) is 5.10 Å². The highest BCUT2D eigenvalue weighted by molar-refractivity contribution is 6.31. The largest absolute Gasteiger partial charge is 0.493 e. The fraction of sp³-hybridized carbons (Fsp3) is 0.167. The minimum absolute atomic E-state index is 0.124. The number of hydrogen-bond acceptors (Lipinski definition) is 5. The number of aryl methyl sites for hydroxylation is 1. The second-order valence-corrected chi connectivity index (χ2v) is 7.21. The summed E-state index contributed by atoms with van der Waals surface area (Å²) in [6.07, 6.45) is 1.55. The third-order valence-corrected chi connectivity index (χ3v) is 4.80. The van der Waals surface area contributed by atoms with Gasteiger partial charge in [0.1, 0.15) is 6.61 Å². The van der Waals surface area contributed by atoms with E-state index in [1.165, 1.54) is 0 Å². The topological polar surface area (TPSA) is 72.0 Å². The van der Waals surface area contributed by atoms with Gasteiger partial charge in [-0.15, -0.1) is 0 Å². The molecule has 0 aliphatic carbocycles. The van der Waals surface area contributed by atoms with Gasteiger partial charge in [0, 0.05) is 16.3 Å². The number of amides is 1. The Morgan fingerprint density at radius 3 is 2.58 bits per heavy atom. The predicted octanol–water partition coefficient (Wildman–Crippen LogP) is 4.80. The molecule has 0 aromatic heterocycles. The molecule has 0 saturated heterocycles. The number of benzene rings is 3. The molecular formula is C24H24ClN3O3. The fourth-order valence-electron chi connectivity index (χ4n) is 2.73. The van der Waals surface area contributed by atoms with E-state index in [0.29, 0.717) is 23.1 Å². The summed E-state index contributed by atoms with van der Waals surface area (Å²) in [6, 6.07) is 20.7. The van der Waals surface area contributed by atoms with Crippen LogP contribution in [0.4, 0.5) is 5.69 Å². The number of nitrogens with zero attached hydrogens (tertiary/aromatic N) is 1. The molecular weight excluding hydrogens is 414 g/mol. The lowest BCUT2D eigenvalue weighted by Crippen LogP contribution is -2.25. The molecule has 6 nitrogen and oxygen atoms in total. The van der Waals surface area contributed by atoms with E-state index in [-0.39, 0.29) is 12.5 Å². The van der Waals surface area contributed by atoms with Gasteiger partial charge in [-0.05, 0) is 48.9 Å². The molecule has 7 heteroatoms. The Hall–Kier alpha value is -3.51. The van der Waals surface area contributed by atoms with Crippen LogP contribution in [0.5, 0.6) is 11.5 Å². The first-order valence-electron chi connectivity index (χ1n) is 9.72. The normalized spacial score (nSPS) is 10.7. The van der Waals surface area contributed by atoms with Crippen LogP contribution in [0.1, 0.15) is 16.7 Å². The molecule has 0 saturated carbocycles. The number of carbonyl (C=O) groups is 1. The number of rotatable bonds is 9. The molecule has 0 fully saturated rings. The Bertz CT molecular complexity index is 1050. The van der Waals surface area contributed by atoms with Crippen molar-refractivity contribution in [2.24, 2.45) is 5.10 Å². The van der Waals surface area contributed by atoms with Gasteiger partial charge in [-0.25, -0.2) is 5.43 Å². The molecule has 0 heterocycles. The number of halogens is 1. The van der Waals surface area contributed by atoms with Crippen LogP contribution in [0.15, 0.2) is 71.8 Å². The summed E-state index contributed by atoms with van der Waals surface area (Å²) in [6.45, 7) is 2.46. The minimum Gasteiger partial charge on any atom is -0.493 e. The first-order valence-corrected chi connectivity index (χ1v) is 10.1. The van der Waals surface area contributed by atoms with Crippen LogP contribution in [-0.2, 0) is 11.4 Å². The van der Waals surface area contributed by atoms with Gasteiger partial charge in [0.25, 0.3) is 5.91 Å². The Morgan fingerprint density at radius 2 is 1.84 bits per heavy atom. The van der Waals surface area contributed by atoms with E-state index in [9.17, 15) is 4.79 Å². The van der Waals surface area contributed by atoms with E-state index >= 15 is 0 Å². The Labute approximate surface area is 186 Å². The summed E-state index contributed by atoms with van der Waals surface area (Å²) < 4.78 is 11.3. The van der Waals surface area contributed by atoms with E-state index in [0.717, 1.165) is 22.4 Å². The molecule has 31 heavy (non-hydrogen) atoms. The number of anilines is 1. The summed E-state index contributed by atoms with van der Waals surface area (Å²) in [5, 5.41) is 7.70. The molecule has 0 unspecified atom stereocenters. The van der Waals surface area contributed by atoms with Crippen molar-refractivity contribution >= 4 is 29.4 Å². The Kier molecular flexibility index (Phi) is 7.90. The number of hydrogen-bond donors (Lipinski definition) is 2. The smallest absolute Gasteiger partial charge is 0.259 e. The van der Waals surface area contributed by atoms with E-state index in [4.69, 9.17) is 21.1 Å². The van der Waals surface area contributed by atoms with Gasteiger partial charge in [0.05, 0.1) is 19.9 Å². The van der Waals surface area contributed by atoms with Crippen molar-refractivity contribution in [3.8, 4) is 11.5 Å². The number of ether oxygens (including phenoxy) is 2. The zero-order valence-electron chi connectivity index (χ0n) is 17.4. The number of carbonyl (C=O) groups excluding carboxylic acids is 1. The Balaban J connectivity index is 1.52. The van der Waals surface area contributed by atoms with Crippen LogP contribution < -0.4 is 20.2 Å². The number of methoxy groups -OCH3 is 1. The second kappa shape index (κ2) is 11.0. The van der Waals surface area contributed by atoms with Crippen LogP contribution in [0.25, 0.3) is 0 Å². The number of nitrogens with one attached hydrogen (secondary N) is 2. The molecule has 2 N–H and O–H groups in total. The van der Waals surface area contributed by atoms with E-state index < -0.39 is 0 Å². The van der Waals surface area contributed by atoms with Crippen LogP contribution in [0, 0.1) is 6.92 Å². The summed E-state index contributed by atoms with van der Waals surface area (Å²) >= 11 is 6.17. The lowest BCUT2D eigenvalue weighted by Gasteiger charge is -2.12. The molecule has 3 aromatic rings. The zero-order valence-corrected chi connectivity index (χ0v) is 18.1. The van der Waals surface area contributed by atoms with Gasteiger partial charge < -0.3 is 14.8 Å². The van der Waals surface area contributed by atoms with Crippen molar-refractivity contribution in [3.05, 3.63) is 88.4 Å². The van der Waals surface area contributed by atoms with Gasteiger partial charge in [-0.3, -0.25) is 4.79 Å². The minimum atomic E-state index is -0.247. The highest BCUT2D eigenvalue weighted by atomic mass is 35.5. The summed E-state index contributed by atoms with van der Waals surface area (Å²) in [5.41, 5.74) is 6.18. The maximum atomic E-state index is 12.0. The highest BCUT2D eigenvalue weighted by Crippen LogP contribution is 2.29. The highest BCUT2D eigenvalue weighted by Gasteiger charge is 2.07. The molecule has 0 spiro atoms. The first-order chi connectivity index (χ1) is 15.0. The van der Waals surface area contributed by atoms with Crippen molar-refractivity contribution in [2.45, 2.75) is 13.5 Å². The van der Waals surface area contributed by atoms with Crippen molar-refractivity contribution in [2.75, 3.05) is 19.0 Å². The molecule has 160 valence electrons. The van der Waals surface area contributed by atoms with Gasteiger partial charge in [-0.1, -0.05) is 47.5 Å². The average molecular weight is 438 g/mol. The predicted molar refractivity (Wildman–Crippen MR) is 124 cm³/mol. The van der Waals surface area contributed by atoms with Crippen molar-refractivity contribution in [3.63, 3.8) is 0 Å². The number of hydrazone groups is 1. The molecule has 0 aliphatic rings. The second-order valence-electron chi connectivity index (χ2n) is 6.80. The summed E-state index contributed by atoms with van der Waals surface area (Å²) in [7, 11) is 1.57. The quantitative estimate of drug-likeness (QED) is 0.372. The molecule has 0 bridgehead atoms. The van der Waals surface area contributed by atoms with E-state index in [2.05, 4.69) is 15.8 Å². The molecule has 1 amide bonds. The lowest BCUT2D eigenvalue weighted by molar-refractivity contribution is -0.119. The molecule has 3 aromatic carbocycles. The Morgan fingerprint density at radius 1 is 1.06 bits per heavy atom. The average Bonchev–Trinajstić information content (AvgIpc) is 2.78. The zero-order chi connectivity index (χ0) is 22.1. The standard InChI is InChI=1S/C24H24ClN3O3/c1-17-7-10-20(11-8-17)26-15-24(29)28-27-14-18-9-12-22(23(13-18)30-2)31-16-19-5-3-4-6-21(19)25/h3-14,26H,15-16H2,1-2H3,(H,28,29)/b27-14-. The van der Waals surface area contributed by atoms with E-state index in [1.807, 2.05) is 61.5 Å². The maximum Gasteiger partial charge on any atom is 0.259 e. The third kappa shape index (κ3) is 6.76. The summed E-state index contributed by atoms with van der Waals surface area (Å²) in [4.78, 5) is 12.0. The SMILES string of the molecule is COc1cc(/C=N\NC(=O)CNc2ccc(C)cc2)ccc1OCc1ccccc1Cl. The van der Waals surface area contributed by atoms with Crippen molar-refractivity contribution in [1.29, 1.82) is 0 Å². The maximum absolute atomic E-state index is 12.0. The van der Waals surface area contributed by atoms with Gasteiger partial charge in [0.2, 0.25) is 0 Å². The molecule has 0 aliphatic heterocycles. The van der Waals surface area contributed by atoms with Gasteiger partial charge >= 0.3 is 0 Å². The van der Waals surface area contributed by atoms with Crippen LogP contribution in [0.2, 0.25) is 5.02 Å². The van der Waals surface area contributed by atoms with Crippen LogP contribution in [-0.4, -0.2) is 25.8 Å². The van der Waals surface area contributed by atoms with Crippen molar-refractivity contribution < 1.29 is 14.3 Å². The summed E-state index contributed by atoms with van der Waals surface area (Å²) in [5.74, 6) is 0.901. The lowest BCUT2D eigenvalue weighted by atomic mass is 10.2. The first kappa shape index (κ1) is 22.2. The van der Waals surface area contributed by atoms with Gasteiger partial charge in [0.15, 0.2) is 11.5 Å². The van der Waals surface area contributed by atoms with Crippen molar-refractivity contribution in [1.82, 2.24) is 5.43 Å². The fourth-order valence-corrected chi connectivity index (χ4v) is 2.92. The monoisotopic (exact) mass is 437 g/mol. The third-order valence-electron chi connectivity index (χ3n) is 4.44. The van der Waals surface area contributed by atoms with E-state index in [1.54, 1.807) is 25.5 Å².